The Morgan fingerprint density at radius 1 is 1.29 bits per heavy atom. The van der Waals surface area contributed by atoms with Crippen molar-refractivity contribution in [3.63, 3.8) is 0 Å². The van der Waals surface area contributed by atoms with Gasteiger partial charge in [-0.15, -0.1) is 6.58 Å². The lowest BCUT2D eigenvalue weighted by Gasteiger charge is -2.13. The van der Waals surface area contributed by atoms with Crippen molar-refractivity contribution in [2.75, 3.05) is 19.8 Å². The number of hydrogen-bond donors (Lipinski definition) is 0. The zero-order valence-electron chi connectivity index (χ0n) is 11.7. The molecule has 0 saturated carbocycles. The predicted molar refractivity (Wildman–Crippen MR) is 79.6 cm³/mol. The lowest BCUT2D eigenvalue weighted by molar-refractivity contribution is -0.0681. The van der Waals surface area contributed by atoms with E-state index in [0.717, 1.165) is 5.39 Å². The third-order valence-corrected chi connectivity index (χ3v) is 3.37. The molecule has 2 heterocycles. The average molecular weight is 287 g/mol. The summed E-state index contributed by atoms with van der Waals surface area (Å²) in [6, 6.07) is 7.33. The van der Waals surface area contributed by atoms with E-state index in [2.05, 4.69) is 6.58 Å². The van der Waals surface area contributed by atoms with E-state index in [1.165, 1.54) is 0 Å². The minimum absolute atomic E-state index is 0.0498. The first-order valence-corrected chi connectivity index (χ1v) is 6.88. The van der Waals surface area contributed by atoms with Crippen LogP contribution < -0.4 is 10.3 Å². The largest absolute Gasteiger partial charge is 0.488 e. The number of rotatable bonds is 5. The number of ether oxygens (including phenoxy) is 3. The summed E-state index contributed by atoms with van der Waals surface area (Å²) in [5.41, 5.74) is -0.0498. The molecular formula is C16H17NO4. The minimum Gasteiger partial charge on any atom is -0.488 e. The van der Waals surface area contributed by atoms with Gasteiger partial charge < -0.3 is 18.8 Å². The molecule has 0 unspecified atom stereocenters. The fraction of sp³-hybridized carbons (Fsp3) is 0.312. The molecule has 0 radical (unpaired) electrons. The summed E-state index contributed by atoms with van der Waals surface area (Å²) >= 11 is 0. The molecule has 2 aromatic rings. The van der Waals surface area contributed by atoms with Gasteiger partial charge in [-0.05, 0) is 18.2 Å². The van der Waals surface area contributed by atoms with Crippen LogP contribution in [0.25, 0.3) is 10.8 Å². The molecule has 5 nitrogen and oxygen atoms in total. The van der Waals surface area contributed by atoms with E-state index < -0.39 is 0 Å². The second-order valence-electron chi connectivity index (χ2n) is 4.76. The Hall–Kier alpha value is -2.11. The molecule has 1 aromatic heterocycles. The molecule has 1 aliphatic rings. The maximum atomic E-state index is 12.3. The maximum absolute atomic E-state index is 12.3. The van der Waals surface area contributed by atoms with Crippen LogP contribution in [-0.4, -0.2) is 30.7 Å². The maximum Gasteiger partial charge on any atom is 0.258 e. The molecule has 0 aliphatic carbocycles. The van der Waals surface area contributed by atoms with Crippen molar-refractivity contribution >= 4 is 10.8 Å². The Kier molecular flexibility index (Phi) is 4.03. The van der Waals surface area contributed by atoms with Crippen LogP contribution in [0.2, 0.25) is 0 Å². The number of allylic oxidation sites excluding steroid dienone is 1. The Bertz CT molecular complexity index is 701. The van der Waals surface area contributed by atoms with Gasteiger partial charge in [-0.3, -0.25) is 4.79 Å². The SMILES string of the molecule is C=CCn1ccc2c(OCC3OCCO3)cccc2c1=O. The Labute approximate surface area is 122 Å². The van der Waals surface area contributed by atoms with Gasteiger partial charge in [0, 0.05) is 18.1 Å². The molecule has 1 fully saturated rings. The van der Waals surface area contributed by atoms with Crippen molar-refractivity contribution in [3.8, 4) is 5.75 Å². The Morgan fingerprint density at radius 2 is 2.10 bits per heavy atom. The highest BCUT2D eigenvalue weighted by Gasteiger charge is 2.17. The molecule has 0 N–H and O–H groups in total. The van der Waals surface area contributed by atoms with E-state index in [-0.39, 0.29) is 11.8 Å². The fourth-order valence-electron chi connectivity index (χ4n) is 2.36. The van der Waals surface area contributed by atoms with Gasteiger partial charge in [0.1, 0.15) is 12.4 Å². The van der Waals surface area contributed by atoms with Crippen LogP contribution in [0, 0.1) is 0 Å². The number of hydrogen-bond acceptors (Lipinski definition) is 4. The topological polar surface area (TPSA) is 49.7 Å². The summed E-state index contributed by atoms with van der Waals surface area (Å²) in [5, 5.41) is 1.42. The zero-order chi connectivity index (χ0) is 14.7. The first kappa shape index (κ1) is 13.9. The van der Waals surface area contributed by atoms with Gasteiger partial charge in [0.25, 0.3) is 5.56 Å². The lowest BCUT2D eigenvalue weighted by Crippen LogP contribution is -2.20. The van der Waals surface area contributed by atoms with Gasteiger partial charge in [-0.25, -0.2) is 0 Å². The van der Waals surface area contributed by atoms with Gasteiger partial charge in [-0.1, -0.05) is 12.1 Å². The highest BCUT2D eigenvalue weighted by atomic mass is 16.7. The Balaban J connectivity index is 1.90. The van der Waals surface area contributed by atoms with Crippen molar-refractivity contribution < 1.29 is 14.2 Å². The van der Waals surface area contributed by atoms with Crippen LogP contribution in [0.4, 0.5) is 0 Å². The van der Waals surface area contributed by atoms with Gasteiger partial charge >= 0.3 is 0 Å². The molecule has 110 valence electrons. The van der Waals surface area contributed by atoms with Crippen LogP contribution in [-0.2, 0) is 16.0 Å². The quantitative estimate of drug-likeness (QED) is 0.789. The molecule has 0 amide bonds. The van der Waals surface area contributed by atoms with E-state index in [1.54, 1.807) is 22.9 Å². The molecule has 0 spiro atoms. The monoisotopic (exact) mass is 287 g/mol. The predicted octanol–water partition coefficient (Wildman–Crippen LogP) is 1.94. The second kappa shape index (κ2) is 6.11. The zero-order valence-corrected chi connectivity index (χ0v) is 11.7. The highest BCUT2D eigenvalue weighted by molar-refractivity contribution is 5.87. The van der Waals surface area contributed by atoms with Crippen molar-refractivity contribution in [1.29, 1.82) is 0 Å². The van der Waals surface area contributed by atoms with E-state index in [9.17, 15) is 4.79 Å². The van der Waals surface area contributed by atoms with Crippen molar-refractivity contribution in [2.45, 2.75) is 12.8 Å². The molecule has 5 heteroatoms. The van der Waals surface area contributed by atoms with Gasteiger partial charge in [0.15, 0.2) is 6.29 Å². The molecule has 1 aliphatic heterocycles. The molecule has 3 rings (SSSR count). The van der Waals surface area contributed by atoms with Gasteiger partial charge in [0.2, 0.25) is 0 Å². The van der Waals surface area contributed by atoms with Crippen LogP contribution in [0.3, 0.4) is 0 Å². The Morgan fingerprint density at radius 3 is 2.86 bits per heavy atom. The molecule has 1 aromatic carbocycles. The summed E-state index contributed by atoms with van der Waals surface area (Å²) in [6.45, 7) is 5.65. The number of benzene rings is 1. The van der Waals surface area contributed by atoms with Crippen LogP contribution in [0.1, 0.15) is 0 Å². The average Bonchev–Trinajstić information content (AvgIpc) is 3.02. The molecule has 0 atom stereocenters. The summed E-state index contributed by atoms with van der Waals surface area (Å²) in [7, 11) is 0. The van der Waals surface area contributed by atoms with Crippen LogP contribution in [0.15, 0.2) is 47.9 Å². The lowest BCUT2D eigenvalue weighted by atomic mass is 10.1. The van der Waals surface area contributed by atoms with E-state index >= 15 is 0 Å². The van der Waals surface area contributed by atoms with Crippen LogP contribution >= 0.6 is 0 Å². The van der Waals surface area contributed by atoms with E-state index in [0.29, 0.717) is 37.5 Å². The third kappa shape index (κ3) is 2.84. The first-order valence-electron chi connectivity index (χ1n) is 6.88. The van der Waals surface area contributed by atoms with E-state index in [1.807, 2.05) is 18.2 Å². The van der Waals surface area contributed by atoms with Crippen LogP contribution in [0.5, 0.6) is 5.75 Å². The van der Waals surface area contributed by atoms with Gasteiger partial charge in [0.05, 0.1) is 18.6 Å². The number of nitrogens with zero attached hydrogens (tertiary/aromatic N) is 1. The highest BCUT2D eigenvalue weighted by Crippen LogP contribution is 2.23. The normalized spacial score (nSPS) is 15.4. The van der Waals surface area contributed by atoms with E-state index in [4.69, 9.17) is 14.2 Å². The fourth-order valence-corrected chi connectivity index (χ4v) is 2.36. The van der Waals surface area contributed by atoms with Crippen molar-refractivity contribution in [1.82, 2.24) is 4.57 Å². The first-order chi connectivity index (χ1) is 10.3. The molecule has 0 bridgehead atoms. The molecular weight excluding hydrogens is 270 g/mol. The minimum atomic E-state index is -0.332. The van der Waals surface area contributed by atoms with Gasteiger partial charge in [-0.2, -0.15) is 0 Å². The summed E-state index contributed by atoms with van der Waals surface area (Å²) < 4.78 is 18.0. The molecule has 1 saturated heterocycles. The summed E-state index contributed by atoms with van der Waals surface area (Å²) in [6.07, 6.45) is 3.12. The summed E-state index contributed by atoms with van der Waals surface area (Å²) in [5.74, 6) is 0.662. The number of aromatic nitrogens is 1. The summed E-state index contributed by atoms with van der Waals surface area (Å²) in [4.78, 5) is 12.3. The smallest absolute Gasteiger partial charge is 0.258 e. The van der Waals surface area contributed by atoms with Crippen molar-refractivity contribution in [3.05, 3.63) is 53.5 Å². The third-order valence-electron chi connectivity index (χ3n) is 3.37. The van der Waals surface area contributed by atoms with Crippen molar-refractivity contribution in [2.24, 2.45) is 0 Å². The molecule has 21 heavy (non-hydrogen) atoms. The number of fused-ring (bicyclic) bond motifs is 1. The standard InChI is InChI=1S/C16H17NO4/c1-2-7-17-8-6-12-13(16(17)18)4-3-5-14(12)21-11-15-19-9-10-20-15/h2-6,8,15H,1,7,9-11H2. The number of pyridine rings is 1. The second-order valence-corrected chi connectivity index (χ2v) is 4.76.